The Bertz CT molecular complexity index is 819. The Labute approximate surface area is 384 Å². The normalized spacial score (nSPS) is 13.8. The van der Waals surface area contributed by atoms with E-state index in [9.17, 15) is 59.1 Å². The quantitative estimate of drug-likeness (QED) is 0.0710. The minimum absolute atomic E-state index is 0. The predicted molar refractivity (Wildman–Crippen MR) is 106 cm³/mol. The third-order valence-corrected chi connectivity index (χ3v) is 4.03. The first-order chi connectivity index (χ1) is 17.5. The number of carbonyl (C=O) groups is 7. The van der Waals surface area contributed by atoms with E-state index in [-0.39, 0.29) is 177 Å². The molecule has 226 valence electrons. The van der Waals surface area contributed by atoms with E-state index >= 15 is 0 Å². The summed E-state index contributed by atoms with van der Waals surface area (Å²) < 4.78 is 0. The van der Waals surface area contributed by atoms with Crippen LogP contribution in [0.15, 0.2) is 0 Å². The maximum atomic E-state index is 10.3. The molecule has 0 saturated carbocycles. The summed E-state index contributed by atoms with van der Waals surface area (Å²) in [4.78, 5) is 70.3. The molecule has 0 aliphatic carbocycles. The van der Waals surface area contributed by atoms with Crippen LogP contribution in [0.3, 0.4) is 0 Å². The van der Waals surface area contributed by atoms with Gasteiger partial charge in [0.1, 0.15) is 30.0 Å². The van der Waals surface area contributed by atoms with Gasteiger partial charge >= 0.3 is 189 Å². The molecule has 0 aromatic rings. The third kappa shape index (κ3) is 28.4. The molecule has 0 heterocycles. The van der Waals surface area contributed by atoms with Gasteiger partial charge in [-0.15, -0.1) is 0 Å². The van der Waals surface area contributed by atoms with Crippen molar-refractivity contribution in [1.29, 1.82) is 0 Å². The molecule has 21 nitrogen and oxygen atoms in total. The Kier molecular flexibility index (Phi) is 41.6. The molecule has 0 aromatic carbocycles. The summed E-state index contributed by atoms with van der Waals surface area (Å²) in [7, 11) is 0. The standard InChI is InChI=1S/2C6H8O7.C6H12O7.3K.Mg/c2*7-3(8)1-6(13,5(11)12)2-4(9)10;7-1-2(8)3(9)4(10)5(11)6(12)13;;;;/h2*13H,1-2H2,(H,7,8)(H,9,10)(H,11,12);2-5,7-11H,1H2,(H,12,13);;;;/q;;;3*+1;+2/p-5/t;;2-,3-,4+,5-;;;;/m..1..../s1. The molecule has 43 heavy (non-hydrogen) atoms. The van der Waals surface area contributed by atoms with Gasteiger partial charge in [0, 0.05) is 37.2 Å². The largest absolute Gasteiger partial charge is 2.00 e. The van der Waals surface area contributed by atoms with E-state index < -0.39 is 110 Å². The van der Waals surface area contributed by atoms with Crippen molar-refractivity contribution in [2.24, 2.45) is 0 Å². The molecule has 9 N–H and O–H groups in total. The summed E-state index contributed by atoms with van der Waals surface area (Å²) >= 11 is 0. The first kappa shape index (κ1) is 60.0. The van der Waals surface area contributed by atoms with Crippen molar-refractivity contribution in [2.75, 3.05) is 6.61 Å². The molecule has 5 atom stereocenters. The van der Waals surface area contributed by atoms with Crippen molar-refractivity contribution in [3.05, 3.63) is 0 Å². The molecule has 0 rings (SSSR count). The van der Waals surface area contributed by atoms with Crippen molar-refractivity contribution < 1.29 is 259 Å². The Morgan fingerprint density at radius 3 is 1.14 bits per heavy atom. The van der Waals surface area contributed by atoms with E-state index in [1.165, 1.54) is 0 Å². The minimum atomic E-state index is -2.97. The first-order valence-electron chi connectivity index (χ1n) is 9.72. The van der Waals surface area contributed by atoms with E-state index in [1.54, 1.807) is 0 Å². The van der Waals surface area contributed by atoms with Gasteiger partial charge in [-0.3, -0.25) is 4.79 Å². The molecule has 0 aliphatic heterocycles. The molecule has 0 amide bonds. The Morgan fingerprint density at radius 2 is 0.930 bits per heavy atom. The van der Waals surface area contributed by atoms with Crippen LogP contribution in [-0.4, -0.2) is 153 Å². The van der Waals surface area contributed by atoms with Crippen molar-refractivity contribution in [3.8, 4) is 0 Å². The van der Waals surface area contributed by atoms with Crippen LogP contribution >= 0.6 is 0 Å². The summed E-state index contributed by atoms with van der Waals surface area (Å²) in [5.41, 5.74) is -5.78. The van der Waals surface area contributed by atoms with Crippen LogP contribution in [0.2, 0.25) is 0 Å². The molecule has 0 aliphatic rings. The van der Waals surface area contributed by atoms with Gasteiger partial charge in [-0.05, 0) is 0 Å². The summed E-state index contributed by atoms with van der Waals surface area (Å²) in [5.74, 6) is -13.3. The van der Waals surface area contributed by atoms with Crippen molar-refractivity contribution in [2.45, 2.75) is 61.3 Å². The molecular formula is C18H23K3MgO21. The van der Waals surface area contributed by atoms with Crippen molar-refractivity contribution in [3.63, 3.8) is 0 Å². The molecule has 0 saturated heterocycles. The number of carbonyl (C=O) groups excluding carboxylic acids is 5. The van der Waals surface area contributed by atoms with Crippen molar-refractivity contribution >= 4 is 64.8 Å². The molecule has 0 bridgehead atoms. The van der Waals surface area contributed by atoms with E-state index in [1.807, 2.05) is 0 Å². The monoisotopic (exact) mass is 716 g/mol. The van der Waals surface area contributed by atoms with E-state index in [2.05, 4.69) is 0 Å². The second kappa shape index (κ2) is 29.8. The van der Waals surface area contributed by atoms with Crippen LogP contribution in [0.4, 0.5) is 0 Å². The summed E-state index contributed by atoms with van der Waals surface area (Å²) in [6, 6.07) is 0. The summed E-state index contributed by atoms with van der Waals surface area (Å²) in [5, 5.41) is 128. The van der Waals surface area contributed by atoms with Gasteiger partial charge in [0.15, 0.2) is 5.60 Å². The second-order valence-electron chi connectivity index (χ2n) is 7.37. The first-order valence-corrected chi connectivity index (χ1v) is 9.72. The molecule has 0 fully saturated rings. The smallest absolute Gasteiger partial charge is 0.550 e. The molecule has 25 heteroatoms. The molecule has 0 spiro atoms. The van der Waals surface area contributed by atoms with E-state index in [0.29, 0.717) is 0 Å². The summed E-state index contributed by atoms with van der Waals surface area (Å²) in [6.07, 6.45) is -13.2. The van der Waals surface area contributed by atoms with Gasteiger partial charge in [0.2, 0.25) is 0 Å². The number of carboxylic acids is 7. The number of aliphatic hydroxyl groups excluding tert-OH is 5. The summed E-state index contributed by atoms with van der Waals surface area (Å²) in [6.45, 7) is -0.863. The van der Waals surface area contributed by atoms with Gasteiger partial charge < -0.3 is 95.5 Å². The van der Waals surface area contributed by atoms with Gasteiger partial charge in [-0.1, -0.05) is 0 Å². The zero-order valence-electron chi connectivity index (χ0n) is 23.0. The number of hydrogen-bond donors (Lipinski definition) is 9. The zero-order valence-corrected chi connectivity index (χ0v) is 33.8. The van der Waals surface area contributed by atoms with Crippen LogP contribution in [0, 0.1) is 0 Å². The minimum Gasteiger partial charge on any atom is -0.550 e. The maximum absolute atomic E-state index is 10.3. The molecule has 1 unspecified atom stereocenters. The number of aliphatic carboxylic acids is 7. The van der Waals surface area contributed by atoms with Gasteiger partial charge in [0.25, 0.3) is 0 Å². The molecule has 0 aromatic heterocycles. The fourth-order valence-electron chi connectivity index (χ4n) is 2.05. The number of carboxylic acid groups (broad SMARTS) is 7. The van der Waals surface area contributed by atoms with E-state index in [4.69, 9.17) is 46.0 Å². The topological polar surface area (TPSA) is 417 Å². The Balaban J connectivity index is -0.0000000864. The van der Waals surface area contributed by atoms with Crippen LogP contribution in [-0.2, 0) is 33.6 Å². The zero-order chi connectivity index (χ0) is 31.9. The van der Waals surface area contributed by atoms with Crippen LogP contribution < -0.4 is 180 Å². The fraction of sp³-hybridized carbons (Fsp3) is 0.611. The van der Waals surface area contributed by atoms with Crippen LogP contribution in [0.1, 0.15) is 25.7 Å². The average Bonchev–Trinajstić information content (AvgIpc) is 2.75. The fourth-order valence-corrected chi connectivity index (χ4v) is 2.05. The predicted octanol–water partition coefficient (Wildman–Crippen LogP) is -22.0. The van der Waals surface area contributed by atoms with E-state index in [0.717, 1.165) is 0 Å². The maximum Gasteiger partial charge on any atom is 2.00 e. The Hall–Kier alpha value is 1.69. The number of aliphatic hydroxyl groups is 7. The number of rotatable bonds is 15. The van der Waals surface area contributed by atoms with Gasteiger partial charge in [-0.2, -0.15) is 0 Å². The molecule has 0 radical (unpaired) electrons. The molecular weight excluding hydrogens is 694 g/mol. The van der Waals surface area contributed by atoms with Gasteiger partial charge in [-0.25, -0.2) is 4.79 Å². The third-order valence-electron chi connectivity index (χ3n) is 4.03. The van der Waals surface area contributed by atoms with Crippen molar-refractivity contribution in [1.82, 2.24) is 0 Å². The van der Waals surface area contributed by atoms with Crippen LogP contribution in [0.5, 0.6) is 0 Å². The second-order valence-corrected chi connectivity index (χ2v) is 7.37. The number of hydrogen-bond acceptors (Lipinski definition) is 19. The van der Waals surface area contributed by atoms with Gasteiger partial charge in [0.05, 0.1) is 25.0 Å². The Morgan fingerprint density at radius 1 is 0.605 bits per heavy atom. The SMILES string of the molecule is O=C([O-])CC(O)(CC(=O)O)C(=O)O.O=C([O-])CC(O)(CC(=O)[O-])C(=O)[O-].O=C([O-])[C@H](O)[C@@H](O)[C@H](O)[C@H](O)CO.[K+].[K+].[K+].[Mg+2]. The average molecular weight is 717 g/mol. The van der Waals surface area contributed by atoms with Crippen LogP contribution in [0.25, 0.3) is 0 Å².